The second-order valence-corrected chi connectivity index (χ2v) is 9.72. The van der Waals surface area contributed by atoms with Crippen LogP contribution in [-0.4, -0.2) is 53.5 Å². The Kier molecular flexibility index (Phi) is 8.80. The molecule has 37 heavy (non-hydrogen) atoms. The van der Waals surface area contributed by atoms with Gasteiger partial charge in [0.25, 0.3) is 5.91 Å². The molecular formula is C24H22BrCl2FN6O3. The van der Waals surface area contributed by atoms with Gasteiger partial charge in [-0.25, -0.2) is 14.8 Å². The molecule has 0 saturated carbocycles. The van der Waals surface area contributed by atoms with Crippen LogP contribution in [0.3, 0.4) is 0 Å². The Bertz CT molecular complexity index is 1340. The molecule has 0 atom stereocenters. The lowest BCUT2D eigenvalue weighted by Gasteiger charge is -2.27. The Morgan fingerprint density at radius 2 is 2.11 bits per heavy atom. The lowest BCUT2D eigenvalue weighted by atomic mass is 10.1. The van der Waals surface area contributed by atoms with E-state index in [1.165, 1.54) is 12.3 Å². The molecule has 13 heteroatoms. The first-order chi connectivity index (χ1) is 17.8. The number of anilines is 2. The van der Waals surface area contributed by atoms with E-state index in [-0.39, 0.29) is 33.7 Å². The van der Waals surface area contributed by atoms with Crippen molar-refractivity contribution in [1.29, 1.82) is 0 Å². The van der Waals surface area contributed by atoms with E-state index < -0.39 is 11.7 Å². The van der Waals surface area contributed by atoms with E-state index in [4.69, 9.17) is 27.9 Å². The molecule has 0 bridgehead atoms. The first kappa shape index (κ1) is 27.1. The second-order valence-electron chi connectivity index (χ2n) is 8.08. The molecule has 1 aliphatic carbocycles. The van der Waals surface area contributed by atoms with Crippen molar-refractivity contribution in [1.82, 2.24) is 15.3 Å². The number of nitrogens with one attached hydrogen (secondary N) is 2. The van der Waals surface area contributed by atoms with Crippen LogP contribution < -0.4 is 15.6 Å². The van der Waals surface area contributed by atoms with E-state index in [2.05, 4.69) is 41.7 Å². The van der Waals surface area contributed by atoms with Crippen LogP contribution in [0, 0.1) is 5.82 Å². The molecule has 2 aliphatic rings. The molecule has 0 unspecified atom stereocenters. The van der Waals surface area contributed by atoms with Crippen LogP contribution in [0.1, 0.15) is 29.3 Å². The maximum atomic E-state index is 14.2. The minimum atomic E-state index is -0.554. The second kappa shape index (κ2) is 12.0. The third kappa shape index (κ3) is 6.30. The van der Waals surface area contributed by atoms with Crippen LogP contribution in [0.15, 0.2) is 56.4 Å². The van der Waals surface area contributed by atoms with Crippen molar-refractivity contribution in [2.24, 2.45) is 5.10 Å². The minimum Gasteiger partial charge on any atom is -0.506 e. The van der Waals surface area contributed by atoms with Crippen molar-refractivity contribution < 1.29 is 19.0 Å². The highest BCUT2D eigenvalue weighted by Crippen LogP contribution is 2.36. The number of allylic oxidation sites excluding steroid dienone is 5. The normalized spacial score (nSPS) is 16.1. The van der Waals surface area contributed by atoms with Gasteiger partial charge in [0.15, 0.2) is 11.6 Å². The molecule has 194 valence electrons. The molecule has 0 spiro atoms. The zero-order chi connectivity index (χ0) is 26.5. The Morgan fingerprint density at radius 3 is 2.86 bits per heavy atom. The standard InChI is InChI=1S/C24H22BrCl2FN6O3/c1-13-4-2-3-5-16(26)20(13)31-23(36)18-15(25)10-14(21(35)19(18)27)11-30-33-24-29-12-17(28)22(32-24)34-6-8-37-9-7-34/h2-3,5,10-12,35H,4,6-9H2,1H3,(H,31,36)(H,29,32,33)/b30-11+. The van der Waals surface area contributed by atoms with Crippen LogP contribution in [0.4, 0.5) is 16.2 Å². The van der Waals surface area contributed by atoms with E-state index in [1.807, 2.05) is 19.1 Å². The molecule has 1 aromatic carbocycles. The molecule has 1 aliphatic heterocycles. The van der Waals surface area contributed by atoms with Gasteiger partial charge in [-0.15, -0.1) is 0 Å². The van der Waals surface area contributed by atoms with Crippen molar-refractivity contribution in [3.63, 3.8) is 0 Å². The number of phenols is 1. The smallest absolute Gasteiger partial charge is 0.258 e. The summed E-state index contributed by atoms with van der Waals surface area (Å²) in [6.07, 6.45) is 8.37. The Hall–Kier alpha value is -2.99. The average molecular weight is 612 g/mol. The number of nitrogens with zero attached hydrogens (tertiary/aromatic N) is 4. The number of benzene rings is 1. The molecule has 2 heterocycles. The summed E-state index contributed by atoms with van der Waals surface area (Å²) in [6, 6.07) is 1.49. The van der Waals surface area contributed by atoms with Gasteiger partial charge in [-0.1, -0.05) is 35.4 Å². The number of carbonyl (C=O) groups excluding carboxylic acids is 1. The quantitative estimate of drug-likeness (QED) is 0.307. The molecular weight excluding hydrogens is 590 g/mol. The van der Waals surface area contributed by atoms with E-state index >= 15 is 0 Å². The summed E-state index contributed by atoms with van der Waals surface area (Å²) in [4.78, 5) is 22.9. The third-order valence-corrected chi connectivity index (χ3v) is 6.87. The predicted molar refractivity (Wildman–Crippen MR) is 145 cm³/mol. The van der Waals surface area contributed by atoms with Gasteiger partial charge in [0.1, 0.15) is 5.75 Å². The number of ether oxygens (including phenoxy) is 1. The predicted octanol–water partition coefficient (Wildman–Crippen LogP) is 5.11. The fourth-order valence-corrected chi connectivity index (χ4v) is 4.95. The molecule has 2 aromatic rings. The maximum absolute atomic E-state index is 14.2. The number of amides is 1. The maximum Gasteiger partial charge on any atom is 0.258 e. The van der Waals surface area contributed by atoms with Crippen molar-refractivity contribution in [3.05, 3.63) is 73.2 Å². The zero-order valence-corrected chi connectivity index (χ0v) is 22.7. The summed E-state index contributed by atoms with van der Waals surface area (Å²) in [7, 11) is 0. The molecule has 1 saturated heterocycles. The number of morpholine rings is 1. The molecule has 4 rings (SSSR count). The van der Waals surface area contributed by atoms with Gasteiger partial charge in [0, 0.05) is 23.1 Å². The summed E-state index contributed by atoms with van der Waals surface area (Å²) in [5.74, 6) is -1.26. The Balaban J connectivity index is 1.51. The van der Waals surface area contributed by atoms with Gasteiger partial charge in [0.2, 0.25) is 5.95 Å². The zero-order valence-electron chi connectivity index (χ0n) is 19.6. The van der Waals surface area contributed by atoms with Crippen LogP contribution in [0.2, 0.25) is 5.02 Å². The van der Waals surface area contributed by atoms with Crippen molar-refractivity contribution in [2.75, 3.05) is 36.6 Å². The summed E-state index contributed by atoms with van der Waals surface area (Å²) in [5, 5.41) is 17.6. The molecule has 1 fully saturated rings. The van der Waals surface area contributed by atoms with Crippen LogP contribution in [0.25, 0.3) is 0 Å². The van der Waals surface area contributed by atoms with Crippen molar-refractivity contribution in [3.8, 4) is 5.75 Å². The van der Waals surface area contributed by atoms with Crippen LogP contribution in [0.5, 0.6) is 5.75 Å². The summed E-state index contributed by atoms with van der Waals surface area (Å²) in [5.41, 5.74) is 4.20. The van der Waals surface area contributed by atoms with E-state index in [9.17, 15) is 14.3 Å². The molecule has 1 amide bonds. The number of phenolic OH excluding ortho intramolecular Hbond substituents is 1. The number of hydrogen-bond acceptors (Lipinski definition) is 8. The monoisotopic (exact) mass is 610 g/mol. The summed E-state index contributed by atoms with van der Waals surface area (Å²) < 4.78 is 19.8. The first-order valence-electron chi connectivity index (χ1n) is 11.1. The number of aromatic nitrogens is 2. The first-order valence-corrected chi connectivity index (χ1v) is 12.7. The van der Waals surface area contributed by atoms with Crippen LogP contribution in [-0.2, 0) is 4.74 Å². The molecule has 1 aromatic heterocycles. The average Bonchev–Trinajstić information content (AvgIpc) is 3.04. The highest BCUT2D eigenvalue weighted by atomic mass is 79.9. The van der Waals surface area contributed by atoms with Crippen molar-refractivity contribution in [2.45, 2.75) is 13.3 Å². The lowest BCUT2D eigenvalue weighted by Crippen LogP contribution is -2.37. The van der Waals surface area contributed by atoms with Gasteiger partial charge in [-0.05, 0) is 47.0 Å². The minimum absolute atomic E-state index is 0.0308. The lowest BCUT2D eigenvalue weighted by molar-refractivity contribution is 0.0965. The Morgan fingerprint density at radius 1 is 1.35 bits per heavy atom. The third-order valence-electron chi connectivity index (χ3n) is 5.56. The van der Waals surface area contributed by atoms with Gasteiger partial charge < -0.3 is 20.1 Å². The van der Waals surface area contributed by atoms with Gasteiger partial charge in [-0.2, -0.15) is 10.1 Å². The fourth-order valence-electron chi connectivity index (χ4n) is 3.63. The molecule has 3 N–H and O–H groups in total. The fraction of sp³-hybridized carbons (Fsp3) is 0.250. The number of carbonyl (C=O) groups is 1. The number of halogens is 4. The van der Waals surface area contributed by atoms with Crippen LogP contribution >= 0.6 is 39.1 Å². The topological polar surface area (TPSA) is 112 Å². The SMILES string of the molecule is CC1=C(NC(=O)c2c(Br)cc(/C=N/Nc3ncc(F)c(N4CCOCC4)n3)c(O)c2Cl)C(Cl)=CC=CC1. The summed E-state index contributed by atoms with van der Waals surface area (Å²) >= 11 is 16.0. The highest BCUT2D eigenvalue weighted by Gasteiger charge is 2.23. The number of hydrogen-bond donors (Lipinski definition) is 3. The van der Waals surface area contributed by atoms with Crippen molar-refractivity contribution >= 4 is 63.0 Å². The highest BCUT2D eigenvalue weighted by molar-refractivity contribution is 9.10. The van der Waals surface area contributed by atoms with E-state index in [0.29, 0.717) is 47.9 Å². The van der Waals surface area contributed by atoms with E-state index in [1.54, 1.807) is 11.0 Å². The van der Waals surface area contributed by atoms with Gasteiger partial charge in [0.05, 0.1) is 46.9 Å². The molecule has 0 radical (unpaired) electrons. The van der Waals surface area contributed by atoms with Gasteiger partial charge >= 0.3 is 0 Å². The van der Waals surface area contributed by atoms with Gasteiger partial charge in [-0.3, -0.25) is 4.79 Å². The molecule has 9 nitrogen and oxygen atoms in total. The largest absolute Gasteiger partial charge is 0.506 e. The Labute approximate surface area is 230 Å². The summed E-state index contributed by atoms with van der Waals surface area (Å²) in [6.45, 7) is 3.83. The number of rotatable bonds is 6. The number of hydrazone groups is 1. The van der Waals surface area contributed by atoms with E-state index in [0.717, 1.165) is 11.8 Å². The number of aromatic hydroxyl groups is 1.